The number of carbonyl (C=O) groups excluding carboxylic acids is 5. The Hall–Kier alpha value is -5.35. The lowest BCUT2D eigenvalue weighted by Crippen LogP contribution is -2.45. The van der Waals surface area contributed by atoms with Gasteiger partial charge in [0.15, 0.2) is 5.60 Å². The van der Waals surface area contributed by atoms with Crippen LogP contribution in [0.4, 0.5) is 0 Å². The summed E-state index contributed by atoms with van der Waals surface area (Å²) in [5.41, 5.74) is 7.27. The monoisotopic (exact) mass is 677 g/mol. The maximum absolute atomic E-state index is 13.5. The zero-order chi connectivity index (χ0) is 35.3. The largest absolute Gasteiger partial charge is 0.494 e. The fraction of sp³-hybridized carbons (Fsp3) is 0.424. The molecule has 0 radical (unpaired) electrons. The molecule has 0 unspecified atom stereocenters. The van der Waals surface area contributed by atoms with Crippen LogP contribution in [0.15, 0.2) is 29.1 Å². The van der Waals surface area contributed by atoms with E-state index in [4.69, 9.17) is 20.2 Å². The Morgan fingerprint density at radius 3 is 2.31 bits per heavy atom. The number of nitrogens with one attached hydrogen (secondary N) is 4. The number of pyridine rings is 2. The van der Waals surface area contributed by atoms with Gasteiger partial charge in [0, 0.05) is 23.1 Å². The number of aryl methyl sites for hydroxylation is 1. The molecule has 7 N–H and O–H groups in total. The second kappa shape index (κ2) is 14.8. The maximum atomic E-state index is 13.5. The normalized spacial score (nSPS) is 15.8. The topological polar surface area (TPSA) is 233 Å². The number of carbonyl (C=O) groups is 5. The van der Waals surface area contributed by atoms with Gasteiger partial charge in [-0.05, 0) is 49.1 Å². The molecule has 4 amide bonds. The standard InChI is InChI=1S/C33H39N7O9/c1-3-19-20-10-18(48-9-5-8-35-27(42)13-37-29(44)15-38-28(43)14-36-26(41)12-34)6-7-24(20)39-30-21(19)16-40-25(30)11-23-22(31(40)45)17-49-32(46)33(23,47)4-2/h6-7,10-11,47H,3-5,8-9,12-17,34H2,1-2H3,(H,35,42)(H,36,41)(H,37,44)(H,38,43)/t33-/m0/s1. The minimum absolute atomic E-state index is 0.0661. The van der Waals surface area contributed by atoms with Crippen molar-refractivity contribution in [3.05, 3.63) is 56.9 Å². The first-order valence-corrected chi connectivity index (χ1v) is 16.0. The highest BCUT2D eigenvalue weighted by Gasteiger charge is 2.45. The molecule has 260 valence electrons. The summed E-state index contributed by atoms with van der Waals surface area (Å²) in [6, 6.07) is 7.23. The highest BCUT2D eigenvalue weighted by atomic mass is 16.6. The Balaban J connectivity index is 1.15. The van der Waals surface area contributed by atoms with Crippen LogP contribution in [0.3, 0.4) is 0 Å². The van der Waals surface area contributed by atoms with Gasteiger partial charge in [-0.1, -0.05) is 13.8 Å². The van der Waals surface area contributed by atoms with E-state index < -0.39 is 35.2 Å². The van der Waals surface area contributed by atoms with E-state index >= 15 is 0 Å². The number of aromatic nitrogens is 2. The summed E-state index contributed by atoms with van der Waals surface area (Å²) in [6.07, 6.45) is 1.22. The molecule has 0 fully saturated rings. The van der Waals surface area contributed by atoms with Gasteiger partial charge in [-0.3, -0.25) is 24.0 Å². The lowest BCUT2D eigenvalue weighted by molar-refractivity contribution is -0.172. The SMILES string of the molecule is CCc1c2c(nc3ccc(OCCCNC(=O)CNC(=O)CNC(=O)CNC(=O)CN)cc13)-c1cc3c(c(=O)n1C2)COC(=O)[C@]3(O)CC. The molecule has 2 aliphatic rings. The van der Waals surface area contributed by atoms with E-state index in [1.165, 1.54) is 0 Å². The van der Waals surface area contributed by atoms with Gasteiger partial charge in [0.1, 0.15) is 12.4 Å². The molecule has 0 spiro atoms. The van der Waals surface area contributed by atoms with Crippen molar-refractivity contribution in [3.63, 3.8) is 0 Å². The van der Waals surface area contributed by atoms with Crippen molar-refractivity contribution < 1.29 is 38.6 Å². The number of nitrogens with two attached hydrogens (primary N) is 1. The molecule has 0 saturated carbocycles. The number of aliphatic hydroxyl groups is 1. The van der Waals surface area contributed by atoms with E-state index in [9.17, 15) is 33.9 Å². The van der Waals surface area contributed by atoms with Crippen molar-refractivity contribution >= 4 is 40.5 Å². The van der Waals surface area contributed by atoms with Gasteiger partial charge in [0.25, 0.3) is 5.56 Å². The summed E-state index contributed by atoms with van der Waals surface area (Å²) < 4.78 is 12.7. The lowest BCUT2D eigenvalue weighted by Gasteiger charge is -2.31. The first-order valence-electron chi connectivity index (χ1n) is 16.0. The van der Waals surface area contributed by atoms with Crippen LogP contribution >= 0.6 is 0 Å². The first-order chi connectivity index (χ1) is 23.5. The van der Waals surface area contributed by atoms with Crippen molar-refractivity contribution in [2.75, 3.05) is 39.3 Å². The van der Waals surface area contributed by atoms with Crippen LogP contribution in [0.1, 0.15) is 48.9 Å². The van der Waals surface area contributed by atoms with Crippen molar-refractivity contribution in [1.82, 2.24) is 30.8 Å². The molecule has 0 saturated heterocycles. The van der Waals surface area contributed by atoms with Crippen LogP contribution in [0.25, 0.3) is 22.3 Å². The Morgan fingerprint density at radius 2 is 1.65 bits per heavy atom. The molecule has 2 aromatic heterocycles. The number of nitrogens with zero attached hydrogens (tertiary/aromatic N) is 2. The Bertz CT molecular complexity index is 1890. The zero-order valence-corrected chi connectivity index (χ0v) is 27.3. The van der Waals surface area contributed by atoms with E-state index in [0.29, 0.717) is 55.2 Å². The maximum Gasteiger partial charge on any atom is 0.343 e. The number of benzene rings is 1. The molecule has 49 heavy (non-hydrogen) atoms. The number of hydrogen-bond acceptors (Lipinski definition) is 11. The van der Waals surface area contributed by atoms with Crippen LogP contribution in [0.2, 0.25) is 0 Å². The van der Waals surface area contributed by atoms with Gasteiger partial charge in [-0.2, -0.15) is 0 Å². The van der Waals surface area contributed by atoms with E-state index in [2.05, 4.69) is 21.3 Å². The summed E-state index contributed by atoms with van der Waals surface area (Å²) in [4.78, 5) is 77.6. The number of esters is 1. The van der Waals surface area contributed by atoms with Gasteiger partial charge in [0.05, 0.1) is 61.8 Å². The van der Waals surface area contributed by atoms with Gasteiger partial charge in [-0.15, -0.1) is 0 Å². The third-order valence-corrected chi connectivity index (χ3v) is 8.57. The molecule has 1 atom stereocenters. The van der Waals surface area contributed by atoms with Crippen LogP contribution < -0.4 is 37.3 Å². The van der Waals surface area contributed by atoms with Crippen LogP contribution in [0, 0.1) is 0 Å². The van der Waals surface area contributed by atoms with Gasteiger partial charge in [-0.25, -0.2) is 9.78 Å². The molecule has 0 aliphatic carbocycles. The summed E-state index contributed by atoms with van der Waals surface area (Å²) in [7, 11) is 0. The minimum atomic E-state index is -1.89. The third kappa shape index (κ3) is 7.24. The van der Waals surface area contributed by atoms with E-state index in [1.54, 1.807) is 23.6 Å². The predicted octanol–water partition coefficient (Wildman–Crippen LogP) is -1.17. The average molecular weight is 678 g/mol. The van der Waals surface area contributed by atoms with Crippen LogP contribution in [-0.2, 0) is 53.9 Å². The summed E-state index contributed by atoms with van der Waals surface area (Å²) in [5.74, 6) is -2.20. The lowest BCUT2D eigenvalue weighted by atomic mass is 9.86. The number of fused-ring (bicyclic) bond motifs is 5. The highest BCUT2D eigenvalue weighted by Crippen LogP contribution is 2.40. The zero-order valence-electron chi connectivity index (χ0n) is 27.3. The molecular formula is C33H39N7O9. The van der Waals surface area contributed by atoms with E-state index in [0.717, 1.165) is 16.5 Å². The fourth-order valence-corrected chi connectivity index (χ4v) is 5.92. The van der Waals surface area contributed by atoms with Crippen LogP contribution in [-0.4, -0.2) is 83.6 Å². The van der Waals surface area contributed by atoms with Gasteiger partial charge < -0.3 is 46.1 Å². The molecular weight excluding hydrogens is 638 g/mol. The summed E-state index contributed by atoms with van der Waals surface area (Å²) in [6.45, 7) is 3.22. The molecule has 2 aliphatic heterocycles. The molecule has 1 aromatic carbocycles. The van der Waals surface area contributed by atoms with Gasteiger partial charge in [0.2, 0.25) is 23.6 Å². The average Bonchev–Trinajstić information content (AvgIpc) is 3.47. The van der Waals surface area contributed by atoms with Crippen molar-refractivity contribution in [1.29, 1.82) is 0 Å². The number of ether oxygens (including phenoxy) is 2. The number of rotatable bonds is 14. The highest BCUT2D eigenvalue weighted by molar-refractivity contribution is 5.91. The molecule has 0 bridgehead atoms. The van der Waals surface area contributed by atoms with Crippen molar-refractivity contribution in [3.8, 4) is 17.1 Å². The fourth-order valence-electron chi connectivity index (χ4n) is 5.92. The van der Waals surface area contributed by atoms with Crippen LogP contribution in [0.5, 0.6) is 5.75 Å². The van der Waals surface area contributed by atoms with E-state index in [-0.39, 0.29) is 55.9 Å². The van der Waals surface area contributed by atoms with Crippen molar-refractivity contribution in [2.45, 2.75) is 51.9 Å². The number of cyclic esters (lactones) is 1. The Labute approximate surface area is 280 Å². The molecule has 16 nitrogen and oxygen atoms in total. The molecule has 16 heteroatoms. The number of hydrogen-bond donors (Lipinski definition) is 6. The smallest absolute Gasteiger partial charge is 0.343 e. The summed E-state index contributed by atoms with van der Waals surface area (Å²) >= 11 is 0. The third-order valence-electron chi connectivity index (χ3n) is 8.57. The van der Waals surface area contributed by atoms with Gasteiger partial charge >= 0.3 is 5.97 Å². The number of amides is 4. The summed E-state index contributed by atoms with van der Waals surface area (Å²) in [5, 5.41) is 21.7. The van der Waals surface area contributed by atoms with E-state index in [1.807, 2.05) is 19.1 Å². The quantitative estimate of drug-likeness (QED) is 0.0688. The minimum Gasteiger partial charge on any atom is -0.494 e. The molecule has 3 aromatic rings. The molecule has 5 rings (SSSR count). The Kier molecular flexibility index (Phi) is 10.6. The van der Waals surface area contributed by atoms with Crippen molar-refractivity contribution in [2.24, 2.45) is 5.73 Å². The molecule has 4 heterocycles. The predicted molar refractivity (Wildman–Crippen MR) is 175 cm³/mol. The second-order valence-electron chi connectivity index (χ2n) is 11.6. The Morgan fingerprint density at radius 1 is 0.980 bits per heavy atom. The first kappa shape index (κ1) is 35.0. The second-order valence-corrected chi connectivity index (χ2v) is 11.6.